The summed E-state index contributed by atoms with van der Waals surface area (Å²) in [6, 6.07) is 3.79. The minimum atomic E-state index is -0.533. The van der Waals surface area contributed by atoms with Crippen molar-refractivity contribution in [1.82, 2.24) is 0 Å². The van der Waals surface area contributed by atoms with Gasteiger partial charge in [-0.1, -0.05) is 15.9 Å². The number of methoxy groups -OCH3 is 1. The van der Waals surface area contributed by atoms with E-state index < -0.39 is 10.6 Å². The van der Waals surface area contributed by atoms with Crippen molar-refractivity contribution in [3.63, 3.8) is 0 Å². The quantitative estimate of drug-likeness (QED) is 0.630. The van der Waals surface area contributed by atoms with Crippen LogP contribution >= 0.6 is 27.5 Å². The molecule has 2 nitrogen and oxygen atoms in total. The third kappa shape index (κ3) is 2.92. The van der Waals surface area contributed by atoms with Gasteiger partial charge in [0.1, 0.15) is 11.6 Å². The Bertz CT molecular complexity index is 370. The zero-order valence-electron chi connectivity index (χ0n) is 7.97. The number of hydrogen-bond donors (Lipinski definition) is 0. The summed E-state index contributed by atoms with van der Waals surface area (Å²) in [5, 5.41) is 0. The summed E-state index contributed by atoms with van der Waals surface area (Å²) >= 11 is 8.64. The number of rotatable bonds is 4. The van der Waals surface area contributed by atoms with E-state index in [1.165, 1.54) is 19.2 Å². The molecule has 0 radical (unpaired) electrons. The molecule has 1 rings (SSSR count). The van der Waals surface area contributed by atoms with Crippen LogP contribution in [-0.4, -0.2) is 23.6 Å². The molecule has 0 fully saturated rings. The molecule has 15 heavy (non-hydrogen) atoms. The van der Waals surface area contributed by atoms with Gasteiger partial charge in [0, 0.05) is 5.88 Å². The highest BCUT2D eigenvalue weighted by atomic mass is 79.9. The third-order valence-electron chi connectivity index (χ3n) is 1.85. The summed E-state index contributed by atoms with van der Waals surface area (Å²) < 4.78 is 17.9. The molecule has 1 aromatic rings. The lowest BCUT2D eigenvalue weighted by Gasteiger charge is -2.09. The Morgan fingerprint density at radius 1 is 1.67 bits per heavy atom. The van der Waals surface area contributed by atoms with E-state index in [2.05, 4.69) is 15.9 Å². The molecule has 0 saturated carbocycles. The number of ketones is 1. The Balaban J connectivity index is 3.11. The van der Waals surface area contributed by atoms with Gasteiger partial charge in [-0.05, 0) is 18.2 Å². The summed E-state index contributed by atoms with van der Waals surface area (Å²) in [6.07, 6.45) is 0. The molecular weight excluding hydrogens is 286 g/mol. The fourth-order valence-corrected chi connectivity index (χ4v) is 1.50. The molecule has 0 amide bonds. The maximum atomic E-state index is 13.0. The monoisotopic (exact) mass is 294 g/mol. The highest BCUT2D eigenvalue weighted by molar-refractivity contribution is 9.10. The number of carbonyl (C=O) groups is 1. The van der Waals surface area contributed by atoms with Gasteiger partial charge in [0.2, 0.25) is 0 Å². The molecule has 0 saturated heterocycles. The van der Waals surface area contributed by atoms with Crippen LogP contribution in [0.15, 0.2) is 18.2 Å². The number of carbonyl (C=O) groups excluding carboxylic acids is 1. The SMILES string of the molecule is COc1ccc(F)cc1C(=O)C(Br)CCl. The van der Waals surface area contributed by atoms with Gasteiger partial charge in [-0.25, -0.2) is 4.39 Å². The van der Waals surface area contributed by atoms with Crippen LogP contribution in [0.3, 0.4) is 0 Å². The topological polar surface area (TPSA) is 26.3 Å². The van der Waals surface area contributed by atoms with Gasteiger partial charge in [0.25, 0.3) is 0 Å². The summed E-state index contributed by atoms with van der Waals surface area (Å²) in [5.74, 6) is -0.302. The first-order chi connectivity index (χ1) is 7.10. The minimum absolute atomic E-state index is 0.124. The molecule has 5 heteroatoms. The van der Waals surface area contributed by atoms with Crippen molar-refractivity contribution in [2.24, 2.45) is 0 Å². The highest BCUT2D eigenvalue weighted by Crippen LogP contribution is 2.23. The molecule has 0 spiro atoms. The minimum Gasteiger partial charge on any atom is -0.496 e. The smallest absolute Gasteiger partial charge is 0.181 e. The van der Waals surface area contributed by atoms with Crippen LogP contribution in [0.1, 0.15) is 10.4 Å². The number of benzene rings is 1. The van der Waals surface area contributed by atoms with E-state index in [1.54, 1.807) is 0 Å². The molecule has 0 bridgehead atoms. The second kappa shape index (κ2) is 5.47. The van der Waals surface area contributed by atoms with Gasteiger partial charge in [-0.3, -0.25) is 4.79 Å². The first-order valence-corrected chi connectivity index (χ1v) is 5.63. The largest absolute Gasteiger partial charge is 0.496 e. The number of hydrogen-bond acceptors (Lipinski definition) is 2. The molecule has 0 aliphatic rings. The van der Waals surface area contributed by atoms with E-state index in [4.69, 9.17) is 16.3 Å². The molecule has 0 heterocycles. The zero-order valence-corrected chi connectivity index (χ0v) is 10.3. The molecule has 1 aromatic carbocycles. The summed E-state index contributed by atoms with van der Waals surface area (Å²) in [4.78, 5) is 11.2. The first kappa shape index (κ1) is 12.5. The molecule has 0 aliphatic carbocycles. The lowest BCUT2D eigenvalue weighted by molar-refractivity contribution is 0.0993. The van der Waals surface area contributed by atoms with Gasteiger partial charge in [-0.2, -0.15) is 0 Å². The van der Waals surface area contributed by atoms with Crippen molar-refractivity contribution in [2.75, 3.05) is 13.0 Å². The van der Waals surface area contributed by atoms with E-state index in [9.17, 15) is 9.18 Å². The van der Waals surface area contributed by atoms with E-state index in [-0.39, 0.29) is 17.2 Å². The van der Waals surface area contributed by atoms with Crippen molar-refractivity contribution in [3.05, 3.63) is 29.6 Å². The maximum absolute atomic E-state index is 13.0. The lowest BCUT2D eigenvalue weighted by Crippen LogP contribution is -2.16. The van der Waals surface area contributed by atoms with Gasteiger partial charge < -0.3 is 4.74 Å². The lowest BCUT2D eigenvalue weighted by atomic mass is 10.1. The molecule has 1 atom stereocenters. The third-order valence-corrected chi connectivity index (χ3v) is 3.27. The Labute approximate surface area is 101 Å². The number of ether oxygens (including phenoxy) is 1. The van der Waals surface area contributed by atoms with Crippen molar-refractivity contribution >= 4 is 33.3 Å². The van der Waals surface area contributed by atoms with E-state index in [0.29, 0.717) is 5.75 Å². The van der Waals surface area contributed by atoms with Crippen LogP contribution in [0, 0.1) is 5.82 Å². The first-order valence-electron chi connectivity index (χ1n) is 4.18. The Kier molecular flexibility index (Phi) is 4.54. The average Bonchev–Trinajstić information content (AvgIpc) is 2.27. The van der Waals surface area contributed by atoms with Crippen LogP contribution in [-0.2, 0) is 0 Å². The predicted octanol–water partition coefficient (Wildman–Crippen LogP) is 3.02. The average molecular weight is 296 g/mol. The van der Waals surface area contributed by atoms with Gasteiger partial charge in [0.15, 0.2) is 5.78 Å². The number of halogens is 3. The van der Waals surface area contributed by atoms with Crippen molar-refractivity contribution in [2.45, 2.75) is 4.83 Å². The zero-order chi connectivity index (χ0) is 11.4. The summed E-state index contributed by atoms with van der Waals surface area (Å²) in [5.41, 5.74) is 0.194. The standard InChI is InChI=1S/C10H9BrClFO2/c1-15-9-3-2-6(13)4-7(9)10(14)8(11)5-12/h2-4,8H,5H2,1H3. The van der Waals surface area contributed by atoms with Crippen LogP contribution in [0.2, 0.25) is 0 Å². The number of Topliss-reactive ketones (excluding diaryl/α,β-unsaturated/α-hetero) is 1. The molecular formula is C10H9BrClFO2. The molecule has 0 aromatic heterocycles. The fourth-order valence-electron chi connectivity index (χ4n) is 1.11. The molecule has 82 valence electrons. The second-order valence-electron chi connectivity index (χ2n) is 2.83. The van der Waals surface area contributed by atoms with Crippen LogP contribution in [0.25, 0.3) is 0 Å². The molecule has 1 unspecified atom stereocenters. The normalized spacial score (nSPS) is 12.3. The van der Waals surface area contributed by atoms with Crippen molar-refractivity contribution in [1.29, 1.82) is 0 Å². The van der Waals surface area contributed by atoms with Crippen LogP contribution in [0.5, 0.6) is 5.75 Å². The van der Waals surface area contributed by atoms with Gasteiger partial charge in [0.05, 0.1) is 17.5 Å². The Morgan fingerprint density at radius 3 is 2.87 bits per heavy atom. The molecule has 0 aliphatic heterocycles. The van der Waals surface area contributed by atoms with E-state index in [0.717, 1.165) is 6.07 Å². The second-order valence-corrected chi connectivity index (χ2v) is 4.24. The highest BCUT2D eigenvalue weighted by Gasteiger charge is 2.20. The van der Waals surface area contributed by atoms with Crippen molar-refractivity contribution < 1.29 is 13.9 Å². The van der Waals surface area contributed by atoms with Crippen LogP contribution < -0.4 is 4.74 Å². The molecule has 0 N–H and O–H groups in total. The summed E-state index contributed by atoms with van der Waals surface area (Å²) in [7, 11) is 1.42. The van der Waals surface area contributed by atoms with Crippen LogP contribution in [0.4, 0.5) is 4.39 Å². The van der Waals surface area contributed by atoms with E-state index in [1.807, 2.05) is 0 Å². The Hall–Kier alpha value is -0.610. The van der Waals surface area contributed by atoms with E-state index >= 15 is 0 Å². The maximum Gasteiger partial charge on any atom is 0.181 e. The Morgan fingerprint density at radius 2 is 2.33 bits per heavy atom. The van der Waals surface area contributed by atoms with Gasteiger partial charge in [-0.15, -0.1) is 11.6 Å². The fraction of sp³-hybridized carbons (Fsp3) is 0.300. The predicted molar refractivity (Wildman–Crippen MR) is 60.7 cm³/mol. The van der Waals surface area contributed by atoms with Crippen molar-refractivity contribution in [3.8, 4) is 5.75 Å². The number of alkyl halides is 2. The van der Waals surface area contributed by atoms with Gasteiger partial charge >= 0.3 is 0 Å². The summed E-state index contributed by atoms with van der Waals surface area (Å²) in [6.45, 7) is 0.